The molecule has 67 heavy (non-hydrogen) atoms. The van der Waals surface area contributed by atoms with E-state index in [0.717, 1.165) is 0 Å². The summed E-state index contributed by atoms with van der Waals surface area (Å²) in [5.41, 5.74) is 0. The van der Waals surface area contributed by atoms with Gasteiger partial charge >= 0.3 is 0 Å². The standard InChI is InChI=1S/C36H62O31/c37-1-7-13(41)19(47)23(51)32(60-7)57-6-12-18(46)29(65-34-24(52)20(48)14(42)8(2-38)61-34)27(55)33(64-12)58-5-11-17(45)28(26(54)31(56)59-11)66-36-30(22(50)16(44)10(4-40)63-36)67-35-25(53)21(49)15(43)9(3-39)62-35/h7-56H,1-6H2/t7-,8-,9-,10-,11-,12-,13-,14-,15-,16-,17-,18-,19+,20+,21+,22+,23+,24+,25+,26+,27+,28+,29+,30+,31+,32+,33-,34+,35-,36+/m1/s1. The third-order valence-corrected chi connectivity index (χ3v) is 12.4. The summed E-state index contributed by atoms with van der Waals surface area (Å²) in [5.74, 6) is 0. The molecule has 0 saturated carbocycles. The highest BCUT2D eigenvalue weighted by atomic mass is 16.8. The van der Waals surface area contributed by atoms with Crippen molar-refractivity contribution in [3.63, 3.8) is 0 Å². The first-order valence-corrected chi connectivity index (χ1v) is 21.1. The van der Waals surface area contributed by atoms with Gasteiger partial charge in [0.1, 0.15) is 146 Å². The Bertz CT molecular complexity index is 1500. The van der Waals surface area contributed by atoms with Gasteiger partial charge in [-0.15, -0.1) is 0 Å². The van der Waals surface area contributed by atoms with Crippen molar-refractivity contribution in [2.24, 2.45) is 0 Å². The fourth-order valence-corrected chi connectivity index (χ4v) is 8.27. The second-order valence-electron chi connectivity index (χ2n) is 16.8. The van der Waals surface area contributed by atoms with Crippen LogP contribution in [0.5, 0.6) is 0 Å². The number of aliphatic hydroxyl groups is 20. The molecule has 0 unspecified atom stereocenters. The molecule has 0 bridgehead atoms. The van der Waals surface area contributed by atoms with Crippen LogP contribution in [0.4, 0.5) is 0 Å². The molecule has 0 aromatic carbocycles. The molecule has 6 saturated heterocycles. The number of hydrogen-bond acceptors (Lipinski definition) is 31. The average molecular weight is 991 g/mol. The third-order valence-electron chi connectivity index (χ3n) is 12.4. The van der Waals surface area contributed by atoms with Gasteiger partial charge in [-0.3, -0.25) is 0 Å². The number of rotatable bonds is 16. The maximum Gasteiger partial charge on any atom is 0.187 e. The van der Waals surface area contributed by atoms with Crippen molar-refractivity contribution < 1.29 is 154 Å². The van der Waals surface area contributed by atoms with Gasteiger partial charge < -0.3 is 154 Å². The van der Waals surface area contributed by atoms with Gasteiger partial charge in [0.15, 0.2) is 37.7 Å². The summed E-state index contributed by atoms with van der Waals surface area (Å²) in [6.45, 7) is -5.36. The maximum absolute atomic E-state index is 11.5. The Kier molecular flexibility index (Phi) is 19.4. The zero-order chi connectivity index (χ0) is 49.3. The van der Waals surface area contributed by atoms with Gasteiger partial charge in [-0.25, -0.2) is 0 Å². The third kappa shape index (κ3) is 11.5. The predicted molar refractivity (Wildman–Crippen MR) is 199 cm³/mol. The Morgan fingerprint density at radius 3 is 1.01 bits per heavy atom. The van der Waals surface area contributed by atoms with Gasteiger partial charge in [-0.2, -0.15) is 0 Å². The van der Waals surface area contributed by atoms with E-state index in [4.69, 9.17) is 52.1 Å². The highest BCUT2D eigenvalue weighted by molar-refractivity contribution is 4.98. The normalized spacial score (nSPS) is 53.4. The highest BCUT2D eigenvalue weighted by Gasteiger charge is 2.56. The minimum atomic E-state index is -2.24. The maximum atomic E-state index is 11.5. The Balaban J connectivity index is 1.19. The Hall–Kier alpha value is -1.24. The van der Waals surface area contributed by atoms with E-state index >= 15 is 0 Å². The Morgan fingerprint density at radius 1 is 0.254 bits per heavy atom. The molecule has 31 heteroatoms. The molecule has 30 atom stereocenters. The van der Waals surface area contributed by atoms with E-state index < -0.39 is 224 Å². The average Bonchev–Trinajstić information content (AvgIpc) is 3.31. The lowest BCUT2D eigenvalue weighted by atomic mass is 9.96. The monoisotopic (exact) mass is 990 g/mol. The van der Waals surface area contributed by atoms with Crippen LogP contribution in [0, 0.1) is 0 Å². The first kappa shape index (κ1) is 55.1. The molecule has 0 spiro atoms. The van der Waals surface area contributed by atoms with Gasteiger partial charge in [-0.05, 0) is 0 Å². The summed E-state index contributed by atoms with van der Waals surface area (Å²) in [4.78, 5) is 0. The Labute approximate surface area is 378 Å². The molecule has 0 aromatic heterocycles. The summed E-state index contributed by atoms with van der Waals surface area (Å²) < 4.78 is 60.8. The number of ether oxygens (including phenoxy) is 11. The van der Waals surface area contributed by atoms with Crippen LogP contribution in [-0.4, -0.2) is 326 Å². The number of hydrogen-bond donors (Lipinski definition) is 20. The van der Waals surface area contributed by atoms with Crippen LogP contribution in [0.2, 0.25) is 0 Å². The first-order chi connectivity index (χ1) is 31.7. The summed E-state index contributed by atoms with van der Waals surface area (Å²) in [5, 5.41) is 210. The van der Waals surface area contributed by atoms with E-state index in [-0.39, 0.29) is 0 Å². The molecule has 6 aliphatic heterocycles. The van der Waals surface area contributed by atoms with E-state index in [2.05, 4.69) is 0 Å². The molecule has 6 fully saturated rings. The SMILES string of the molecule is OC[C@H]1O[C@@H](O[C@@H]2[C@H](O)[C@H](OC[C@H]3O[C@H](O)[C@@H](O)[C@@H](O[C@@H]4O[C@H](CO)[C@@H](O)[C@H](O)[C@@H]4O[C@H]4O[C@H](CO)[C@@H](O)[C@H](O)[C@@H]4O)[C@@H]3O)O[C@H](CO[C@H]3O[C@H](CO)[C@@H](O)[C@H](O)[C@@H]3O)[C@H]2O)[C@@H](O)[C@@H](O)[C@@H]1O. The van der Waals surface area contributed by atoms with Crippen molar-refractivity contribution >= 4 is 0 Å². The van der Waals surface area contributed by atoms with Gasteiger partial charge in [0, 0.05) is 0 Å². The molecule has 31 nitrogen and oxygen atoms in total. The van der Waals surface area contributed by atoms with E-state index in [1.807, 2.05) is 0 Å². The van der Waals surface area contributed by atoms with E-state index in [1.165, 1.54) is 0 Å². The zero-order valence-corrected chi connectivity index (χ0v) is 35.0. The van der Waals surface area contributed by atoms with Crippen LogP contribution in [0.25, 0.3) is 0 Å². The minimum absolute atomic E-state index is 0.836. The fourth-order valence-electron chi connectivity index (χ4n) is 8.27. The highest BCUT2D eigenvalue weighted by Crippen LogP contribution is 2.35. The second kappa shape index (κ2) is 23.5. The van der Waals surface area contributed by atoms with Crippen molar-refractivity contribution in [1.82, 2.24) is 0 Å². The van der Waals surface area contributed by atoms with Crippen LogP contribution >= 0.6 is 0 Å². The summed E-state index contributed by atoms with van der Waals surface area (Å²) >= 11 is 0. The van der Waals surface area contributed by atoms with Gasteiger partial charge in [0.05, 0.1) is 39.6 Å². The lowest BCUT2D eigenvalue weighted by Gasteiger charge is -2.48. The lowest BCUT2D eigenvalue weighted by molar-refractivity contribution is -0.390. The summed E-state index contributed by atoms with van der Waals surface area (Å²) in [6.07, 6.45) is -57.5. The van der Waals surface area contributed by atoms with Crippen LogP contribution in [-0.2, 0) is 52.1 Å². The molecule has 0 aliphatic carbocycles. The van der Waals surface area contributed by atoms with Crippen molar-refractivity contribution in [3.8, 4) is 0 Å². The van der Waals surface area contributed by atoms with Crippen LogP contribution < -0.4 is 0 Å². The van der Waals surface area contributed by atoms with E-state index in [0.29, 0.717) is 0 Å². The molecular formula is C36H62O31. The van der Waals surface area contributed by atoms with Crippen LogP contribution in [0.3, 0.4) is 0 Å². The molecule has 0 radical (unpaired) electrons. The summed E-state index contributed by atoms with van der Waals surface area (Å²) in [7, 11) is 0. The van der Waals surface area contributed by atoms with Gasteiger partial charge in [0.25, 0.3) is 0 Å². The fraction of sp³-hybridized carbons (Fsp3) is 1.00. The molecule has 20 N–H and O–H groups in total. The van der Waals surface area contributed by atoms with Crippen LogP contribution in [0.15, 0.2) is 0 Å². The largest absolute Gasteiger partial charge is 0.394 e. The van der Waals surface area contributed by atoms with E-state index in [9.17, 15) is 102 Å². The van der Waals surface area contributed by atoms with E-state index in [1.54, 1.807) is 0 Å². The van der Waals surface area contributed by atoms with Crippen molar-refractivity contribution in [2.75, 3.05) is 39.6 Å². The molecule has 6 heterocycles. The van der Waals surface area contributed by atoms with Gasteiger partial charge in [0.2, 0.25) is 0 Å². The van der Waals surface area contributed by atoms with Crippen molar-refractivity contribution in [3.05, 3.63) is 0 Å². The van der Waals surface area contributed by atoms with Crippen LogP contribution in [0.1, 0.15) is 0 Å². The summed E-state index contributed by atoms with van der Waals surface area (Å²) in [6, 6.07) is 0. The minimum Gasteiger partial charge on any atom is -0.394 e. The quantitative estimate of drug-likeness (QED) is 0.0683. The molecule has 0 aromatic rings. The number of aliphatic hydroxyl groups excluding tert-OH is 20. The molecule has 392 valence electrons. The van der Waals surface area contributed by atoms with Crippen molar-refractivity contribution in [1.29, 1.82) is 0 Å². The predicted octanol–water partition coefficient (Wildman–Crippen LogP) is -14.1. The molecule has 6 aliphatic rings. The molecular weight excluding hydrogens is 928 g/mol. The zero-order valence-electron chi connectivity index (χ0n) is 35.0. The Morgan fingerprint density at radius 2 is 0.567 bits per heavy atom. The lowest BCUT2D eigenvalue weighted by Crippen LogP contribution is -2.67. The second-order valence-corrected chi connectivity index (χ2v) is 16.8. The first-order valence-electron chi connectivity index (χ1n) is 21.1. The molecule has 0 amide bonds. The molecule has 6 rings (SSSR count). The topological polar surface area (TPSA) is 506 Å². The smallest absolute Gasteiger partial charge is 0.187 e. The van der Waals surface area contributed by atoms with Gasteiger partial charge in [-0.1, -0.05) is 0 Å². The van der Waals surface area contributed by atoms with Crippen molar-refractivity contribution in [2.45, 2.75) is 184 Å².